The zero-order chi connectivity index (χ0) is 12.9. The minimum atomic E-state index is -0.590. The second-order valence-electron chi connectivity index (χ2n) is 5.42. The number of β-amino-alcohol motifs (C(OH)–C–C–N with tert-alkyl or cyclic N) is 1. The molecule has 0 aliphatic carbocycles. The Morgan fingerprint density at radius 3 is 2.41 bits per heavy atom. The molecule has 0 aromatic carbocycles. The lowest BCUT2D eigenvalue weighted by Gasteiger charge is -2.47. The Balaban J connectivity index is 2.39. The summed E-state index contributed by atoms with van der Waals surface area (Å²) in [5.74, 6) is 0.419. The van der Waals surface area contributed by atoms with Crippen molar-refractivity contribution >= 4 is 5.91 Å². The summed E-state index contributed by atoms with van der Waals surface area (Å²) >= 11 is 0. The predicted molar refractivity (Wildman–Crippen MR) is 69.7 cm³/mol. The zero-order valence-electron chi connectivity index (χ0n) is 11.5. The molecule has 0 aromatic rings. The molecule has 1 heterocycles. The van der Waals surface area contributed by atoms with Crippen LogP contribution in [-0.2, 0) is 4.79 Å². The van der Waals surface area contributed by atoms with Crippen molar-refractivity contribution in [3.63, 3.8) is 0 Å². The normalized spacial score (nSPS) is 19.9. The van der Waals surface area contributed by atoms with Crippen LogP contribution in [0.2, 0.25) is 0 Å². The van der Waals surface area contributed by atoms with Crippen molar-refractivity contribution in [3.05, 3.63) is 0 Å². The molecule has 100 valence electrons. The summed E-state index contributed by atoms with van der Waals surface area (Å²) in [4.78, 5) is 14.0. The molecular formula is C14H27NO2. The van der Waals surface area contributed by atoms with E-state index < -0.39 is 5.60 Å². The second-order valence-corrected chi connectivity index (χ2v) is 5.42. The Bertz CT molecular complexity index is 247. The van der Waals surface area contributed by atoms with Gasteiger partial charge in [0.25, 0.3) is 0 Å². The molecule has 1 aliphatic heterocycles. The number of likely N-dealkylation sites (tertiary alicyclic amines) is 1. The van der Waals surface area contributed by atoms with E-state index in [2.05, 4.69) is 20.8 Å². The maximum Gasteiger partial charge on any atom is 0.225 e. The fraction of sp³-hybridized carbons (Fsp3) is 0.929. The fourth-order valence-electron chi connectivity index (χ4n) is 2.65. The van der Waals surface area contributed by atoms with Crippen LogP contribution in [0.3, 0.4) is 0 Å². The van der Waals surface area contributed by atoms with Crippen LogP contribution in [0, 0.1) is 5.92 Å². The standard InChI is InChI=1S/C14H27NO2/c1-4-7-8-12(6-3)13(16)15-10-14(17,11-15)9-5-2/h12,17H,4-11H2,1-3H3. The van der Waals surface area contributed by atoms with E-state index >= 15 is 0 Å². The molecule has 0 spiro atoms. The SMILES string of the molecule is CCCCC(CC)C(=O)N1CC(O)(CCC)C1. The van der Waals surface area contributed by atoms with E-state index in [1.807, 2.05) is 4.90 Å². The summed E-state index contributed by atoms with van der Waals surface area (Å²) in [5.41, 5.74) is -0.590. The molecule has 0 radical (unpaired) electrons. The van der Waals surface area contributed by atoms with Gasteiger partial charge in [-0.1, -0.05) is 40.0 Å². The van der Waals surface area contributed by atoms with E-state index in [-0.39, 0.29) is 11.8 Å². The summed E-state index contributed by atoms with van der Waals surface area (Å²) in [5, 5.41) is 10.1. The van der Waals surface area contributed by atoms with E-state index in [0.29, 0.717) is 13.1 Å². The third-order valence-electron chi connectivity index (χ3n) is 3.75. The molecule has 1 rings (SSSR count). The number of amides is 1. The van der Waals surface area contributed by atoms with Gasteiger partial charge in [0.2, 0.25) is 5.91 Å². The number of rotatable bonds is 7. The lowest BCUT2D eigenvalue weighted by atomic mass is 9.87. The van der Waals surface area contributed by atoms with E-state index in [4.69, 9.17) is 0 Å². The molecular weight excluding hydrogens is 214 g/mol. The van der Waals surface area contributed by atoms with Crippen molar-refractivity contribution in [2.24, 2.45) is 5.92 Å². The number of carbonyl (C=O) groups is 1. The molecule has 1 N–H and O–H groups in total. The highest BCUT2D eigenvalue weighted by molar-refractivity contribution is 5.79. The highest BCUT2D eigenvalue weighted by Gasteiger charge is 2.43. The average molecular weight is 241 g/mol. The maximum atomic E-state index is 12.2. The molecule has 0 aromatic heterocycles. The molecule has 17 heavy (non-hydrogen) atoms. The van der Waals surface area contributed by atoms with E-state index in [0.717, 1.165) is 38.5 Å². The van der Waals surface area contributed by atoms with Gasteiger partial charge < -0.3 is 10.0 Å². The molecule has 0 saturated carbocycles. The first kappa shape index (κ1) is 14.5. The van der Waals surface area contributed by atoms with Crippen molar-refractivity contribution in [2.45, 2.75) is 64.9 Å². The lowest BCUT2D eigenvalue weighted by Crippen LogP contribution is -2.64. The first-order chi connectivity index (χ1) is 8.06. The van der Waals surface area contributed by atoms with Crippen LogP contribution in [0.5, 0.6) is 0 Å². The van der Waals surface area contributed by atoms with Crippen LogP contribution in [0.25, 0.3) is 0 Å². The van der Waals surface area contributed by atoms with Gasteiger partial charge in [-0.25, -0.2) is 0 Å². The predicted octanol–water partition coefficient (Wildman–Crippen LogP) is 2.58. The monoisotopic (exact) mass is 241 g/mol. The smallest absolute Gasteiger partial charge is 0.225 e. The van der Waals surface area contributed by atoms with Gasteiger partial charge in [-0.05, 0) is 19.3 Å². The molecule has 3 heteroatoms. The quantitative estimate of drug-likeness (QED) is 0.744. The summed E-state index contributed by atoms with van der Waals surface area (Å²) in [6, 6.07) is 0. The maximum absolute atomic E-state index is 12.2. The van der Waals surface area contributed by atoms with Crippen molar-refractivity contribution < 1.29 is 9.90 Å². The van der Waals surface area contributed by atoms with Gasteiger partial charge in [-0.2, -0.15) is 0 Å². The molecule has 1 atom stereocenters. The largest absolute Gasteiger partial charge is 0.386 e. The van der Waals surface area contributed by atoms with Crippen LogP contribution >= 0.6 is 0 Å². The number of unbranched alkanes of at least 4 members (excludes halogenated alkanes) is 1. The molecule has 3 nitrogen and oxygen atoms in total. The molecule has 1 aliphatic rings. The van der Waals surface area contributed by atoms with Gasteiger partial charge in [-0.3, -0.25) is 4.79 Å². The van der Waals surface area contributed by atoms with Crippen molar-refractivity contribution in [3.8, 4) is 0 Å². The van der Waals surface area contributed by atoms with Gasteiger partial charge in [0.15, 0.2) is 0 Å². The molecule has 1 saturated heterocycles. The minimum absolute atomic E-state index is 0.168. The van der Waals surface area contributed by atoms with E-state index in [1.165, 1.54) is 0 Å². The van der Waals surface area contributed by atoms with Crippen LogP contribution in [0.15, 0.2) is 0 Å². The lowest BCUT2D eigenvalue weighted by molar-refractivity contribution is -0.161. The Morgan fingerprint density at radius 1 is 1.29 bits per heavy atom. The van der Waals surface area contributed by atoms with Gasteiger partial charge in [0.1, 0.15) is 0 Å². The van der Waals surface area contributed by atoms with Gasteiger partial charge in [0, 0.05) is 5.92 Å². The molecule has 1 fully saturated rings. The molecule has 1 unspecified atom stereocenters. The topological polar surface area (TPSA) is 40.5 Å². The number of hydrogen-bond acceptors (Lipinski definition) is 2. The highest BCUT2D eigenvalue weighted by Crippen LogP contribution is 2.28. The highest BCUT2D eigenvalue weighted by atomic mass is 16.3. The number of carbonyl (C=O) groups excluding carboxylic acids is 1. The van der Waals surface area contributed by atoms with Crippen LogP contribution in [0.4, 0.5) is 0 Å². The first-order valence-corrected chi connectivity index (χ1v) is 7.07. The van der Waals surface area contributed by atoms with Gasteiger partial charge in [-0.15, -0.1) is 0 Å². The second kappa shape index (κ2) is 6.39. The molecule has 0 bridgehead atoms. The van der Waals surface area contributed by atoms with Gasteiger partial charge >= 0.3 is 0 Å². The Hall–Kier alpha value is -0.570. The average Bonchev–Trinajstić information content (AvgIpc) is 2.26. The van der Waals surface area contributed by atoms with Crippen LogP contribution in [0.1, 0.15) is 59.3 Å². The van der Waals surface area contributed by atoms with Crippen molar-refractivity contribution in [2.75, 3.05) is 13.1 Å². The van der Waals surface area contributed by atoms with E-state index in [1.54, 1.807) is 0 Å². The van der Waals surface area contributed by atoms with Crippen molar-refractivity contribution in [1.29, 1.82) is 0 Å². The first-order valence-electron chi connectivity index (χ1n) is 7.07. The zero-order valence-corrected chi connectivity index (χ0v) is 11.5. The summed E-state index contributed by atoms with van der Waals surface area (Å²) in [6.45, 7) is 7.39. The number of nitrogens with zero attached hydrogens (tertiary/aromatic N) is 1. The number of hydrogen-bond donors (Lipinski definition) is 1. The Kier molecular flexibility index (Phi) is 5.44. The van der Waals surface area contributed by atoms with Crippen LogP contribution in [-0.4, -0.2) is 34.6 Å². The van der Waals surface area contributed by atoms with Crippen LogP contribution < -0.4 is 0 Å². The minimum Gasteiger partial charge on any atom is -0.386 e. The summed E-state index contributed by atoms with van der Waals surface area (Å²) < 4.78 is 0. The number of aliphatic hydroxyl groups is 1. The van der Waals surface area contributed by atoms with E-state index in [9.17, 15) is 9.90 Å². The third kappa shape index (κ3) is 3.70. The summed E-state index contributed by atoms with van der Waals surface area (Å²) in [6.07, 6.45) is 5.96. The van der Waals surface area contributed by atoms with Gasteiger partial charge in [0.05, 0.1) is 18.7 Å². The van der Waals surface area contributed by atoms with Crippen molar-refractivity contribution in [1.82, 2.24) is 4.90 Å². The Morgan fingerprint density at radius 2 is 1.94 bits per heavy atom. The molecule has 1 amide bonds. The fourth-order valence-corrected chi connectivity index (χ4v) is 2.65. The summed E-state index contributed by atoms with van der Waals surface area (Å²) in [7, 11) is 0. The third-order valence-corrected chi connectivity index (χ3v) is 3.75. The Labute approximate surface area is 105 Å².